The topological polar surface area (TPSA) is 51.8 Å². The van der Waals surface area contributed by atoms with E-state index in [0.717, 1.165) is 11.3 Å². The van der Waals surface area contributed by atoms with Gasteiger partial charge in [-0.05, 0) is 24.6 Å². The molecule has 1 aromatic heterocycles. The van der Waals surface area contributed by atoms with E-state index >= 15 is 0 Å². The van der Waals surface area contributed by atoms with Gasteiger partial charge in [0.05, 0.1) is 10.0 Å². The summed E-state index contributed by atoms with van der Waals surface area (Å²) in [7, 11) is 0. The van der Waals surface area contributed by atoms with Gasteiger partial charge >= 0.3 is 0 Å². The highest BCUT2D eigenvalue weighted by atomic mass is 35.5. The lowest BCUT2D eigenvalue weighted by Gasteiger charge is -2.04. The molecular weight excluding hydrogens is 257 g/mol. The third kappa shape index (κ3) is 3.08. The van der Waals surface area contributed by atoms with Crippen molar-refractivity contribution < 1.29 is 0 Å². The lowest BCUT2D eigenvalue weighted by molar-refractivity contribution is 0.948. The van der Waals surface area contributed by atoms with E-state index in [9.17, 15) is 0 Å². The van der Waals surface area contributed by atoms with Gasteiger partial charge in [-0.3, -0.25) is 0 Å². The number of rotatable bonds is 2. The van der Waals surface area contributed by atoms with Crippen LogP contribution in [0.4, 0.5) is 5.82 Å². The second-order valence-corrected chi connectivity index (χ2v) is 4.59. The number of aromatic nitrogens is 2. The van der Waals surface area contributed by atoms with Gasteiger partial charge in [-0.1, -0.05) is 29.3 Å². The van der Waals surface area contributed by atoms with Crippen molar-refractivity contribution >= 4 is 29.0 Å². The van der Waals surface area contributed by atoms with Crippen LogP contribution >= 0.6 is 23.2 Å². The summed E-state index contributed by atoms with van der Waals surface area (Å²) < 4.78 is 0. The van der Waals surface area contributed by atoms with E-state index in [1.165, 1.54) is 0 Å². The van der Waals surface area contributed by atoms with Crippen LogP contribution in [-0.4, -0.2) is 9.97 Å². The first-order chi connectivity index (χ1) is 8.04. The van der Waals surface area contributed by atoms with Gasteiger partial charge in [-0.15, -0.1) is 0 Å². The molecule has 0 saturated heterocycles. The quantitative estimate of drug-likeness (QED) is 0.909. The molecule has 17 heavy (non-hydrogen) atoms. The third-order valence-corrected chi connectivity index (χ3v) is 3.01. The fourth-order valence-corrected chi connectivity index (χ4v) is 1.89. The fraction of sp³-hybridized carbons (Fsp3) is 0.167. The summed E-state index contributed by atoms with van der Waals surface area (Å²) >= 11 is 11.8. The van der Waals surface area contributed by atoms with Gasteiger partial charge in [0, 0.05) is 18.2 Å². The summed E-state index contributed by atoms with van der Waals surface area (Å²) in [4.78, 5) is 8.49. The lowest BCUT2D eigenvalue weighted by Crippen LogP contribution is -2.02. The van der Waals surface area contributed by atoms with Crippen LogP contribution in [0.5, 0.6) is 0 Å². The highest BCUT2D eigenvalue weighted by Gasteiger charge is 2.04. The maximum absolute atomic E-state index is 5.95. The Morgan fingerprint density at radius 3 is 2.53 bits per heavy atom. The number of nitrogens with zero attached hydrogens (tertiary/aromatic N) is 2. The zero-order chi connectivity index (χ0) is 12.4. The van der Waals surface area contributed by atoms with Gasteiger partial charge in [-0.2, -0.15) is 0 Å². The van der Waals surface area contributed by atoms with E-state index in [0.29, 0.717) is 28.1 Å². The highest BCUT2D eigenvalue weighted by molar-refractivity contribution is 6.42. The SMILES string of the molecule is Cc1cc(N)nc(Cc2ccc(Cl)c(Cl)c2)n1. The van der Waals surface area contributed by atoms with Gasteiger partial charge in [0.15, 0.2) is 0 Å². The van der Waals surface area contributed by atoms with Crippen LogP contribution < -0.4 is 5.73 Å². The number of aryl methyl sites for hydroxylation is 1. The molecule has 0 aliphatic carbocycles. The van der Waals surface area contributed by atoms with Crippen LogP contribution in [0.3, 0.4) is 0 Å². The average Bonchev–Trinajstić information content (AvgIpc) is 2.22. The summed E-state index contributed by atoms with van der Waals surface area (Å²) in [5.74, 6) is 1.16. The van der Waals surface area contributed by atoms with Crippen molar-refractivity contribution in [3.05, 3.63) is 51.4 Å². The van der Waals surface area contributed by atoms with Gasteiger partial charge in [0.25, 0.3) is 0 Å². The Morgan fingerprint density at radius 2 is 1.88 bits per heavy atom. The molecule has 0 bridgehead atoms. The monoisotopic (exact) mass is 267 g/mol. The number of benzene rings is 1. The number of anilines is 1. The van der Waals surface area contributed by atoms with Crippen LogP contribution in [-0.2, 0) is 6.42 Å². The molecule has 1 aromatic carbocycles. The zero-order valence-electron chi connectivity index (χ0n) is 9.24. The molecule has 1 heterocycles. The Bertz CT molecular complexity index is 535. The minimum atomic E-state index is 0.479. The Morgan fingerprint density at radius 1 is 1.12 bits per heavy atom. The maximum Gasteiger partial charge on any atom is 0.135 e. The minimum absolute atomic E-state index is 0.479. The normalized spacial score (nSPS) is 10.5. The Hall–Kier alpha value is -1.32. The van der Waals surface area contributed by atoms with Crippen molar-refractivity contribution in [2.24, 2.45) is 0 Å². The van der Waals surface area contributed by atoms with E-state index in [1.54, 1.807) is 12.1 Å². The fourth-order valence-electron chi connectivity index (χ4n) is 1.57. The molecule has 0 aliphatic rings. The first kappa shape index (κ1) is 12.1. The Kier molecular flexibility index (Phi) is 3.50. The van der Waals surface area contributed by atoms with Gasteiger partial charge in [0.1, 0.15) is 11.6 Å². The number of nitrogen functional groups attached to an aromatic ring is 1. The Labute approximate surface area is 110 Å². The van der Waals surface area contributed by atoms with Crippen molar-refractivity contribution in [1.29, 1.82) is 0 Å². The molecule has 2 N–H and O–H groups in total. The number of hydrogen-bond acceptors (Lipinski definition) is 3. The third-order valence-electron chi connectivity index (χ3n) is 2.27. The molecule has 3 nitrogen and oxygen atoms in total. The van der Waals surface area contributed by atoms with Crippen molar-refractivity contribution in [3.8, 4) is 0 Å². The zero-order valence-corrected chi connectivity index (χ0v) is 10.8. The van der Waals surface area contributed by atoms with E-state index in [2.05, 4.69) is 9.97 Å². The summed E-state index contributed by atoms with van der Waals surface area (Å²) in [5.41, 5.74) is 7.53. The lowest BCUT2D eigenvalue weighted by atomic mass is 10.1. The smallest absolute Gasteiger partial charge is 0.135 e. The first-order valence-corrected chi connectivity index (χ1v) is 5.84. The standard InChI is InChI=1S/C12H11Cl2N3/c1-7-4-11(15)17-12(16-7)6-8-2-3-9(13)10(14)5-8/h2-5H,6H2,1H3,(H2,15,16,17). The molecule has 2 rings (SSSR count). The molecule has 0 aliphatic heterocycles. The van der Waals surface area contributed by atoms with Crippen LogP contribution in [0.15, 0.2) is 24.3 Å². The van der Waals surface area contributed by atoms with Crippen molar-refractivity contribution in [2.45, 2.75) is 13.3 Å². The molecule has 0 unspecified atom stereocenters. The van der Waals surface area contributed by atoms with E-state index in [-0.39, 0.29) is 0 Å². The Balaban J connectivity index is 2.28. The summed E-state index contributed by atoms with van der Waals surface area (Å²) in [6, 6.07) is 7.21. The highest BCUT2D eigenvalue weighted by Crippen LogP contribution is 2.23. The predicted molar refractivity (Wildman–Crippen MR) is 70.4 cm³/mol. The van der Waals surface area contributed by atoms with Crippen molar-refractivity contribution in [2.75, 3.05) is 5.73 Å². The average molecular weight is 268 g/mol. The van der Waals surface area contributed by atoms with Crippen LogP contribution in [0, 0.1) is 6.92 Å². The van der Waals surface area contributed by atoms with Gasteiger partial charge in [-0.25, -0.2) is 9.97 Å². The summed E-state index contributed by atoms with van der Waals surface area (Å²) in [5, 5.41) is 1.07. The second kappa shape index (κ2) is 4.90. The molecule has 0 radical (unpaired) electrons. The summed E-state index contributed by atoms with van der Waals surface area (Å²) in [6.07, 6.45) is 0.586. The van der Waals surface area contributed by atoms with Crippen molar-refractivity contribution in [3.63, 3.8) is 0 Å². The molecule has 0 amide bonds. The number of halogens is 2. The molecule has 88 valence electrons. The summed E-state index contributed by atoms with van der Waals surface area (Å²) in [6.45, 7) is 1.89. The molecular formula is C12H11Cl2N3. The van der Waals surface area contributed by atoms with E-state index in [1.807, 2.05) is 19.1 Å². The predicted octanol–water partition coefficient (Wildman–Crippen LogP) is 3.26. The molecule has 0 saturated carbocycles. The maximum atomic E-state index is 5.95. The van der Waals surface area contributed by atoms with E-state index < -0.39 is 0 Å². The number of nitrogens with two attached hydrogens (primary N) is 1. The molecule has 2 aromatic rings. The molecule has 0 fully saturated rings. The van der Waals surface area contributed by atoms with E-state index in [4.69, 9.17) is 28.9 Å². The second-order valence-electron chi connectivity index (χ2n) is 3.78. The van der Waals surface area contributed by atoms with Crippen LogP contribution in [0.2, 0.25) is 10.0 Å². The number of hydrogen-bond donors (Lipinski definition) is 1. The first-order valence-electron chi connectivity index (χ1n) is 5.08. The largest absolute Gasteiger partial charge is 0.384 e. The minimum Gasteiger partial charge on any atom is -0.384 e. The van der Waals surface area contributed by atoms with Crippen LogP contribution in [0.1, 0.15) is 17.1 Å². The molecule has 5 heteroatoms. The molecule has 0 spiro atoms. The van der Waals surface area contributed by atoms with Crippen LogP contribution in [0.25, 0.3) is 0 Å². The molecule has 0 atom stereocenters. The van der Waals surface area contributed by atoms with Crippen molar-refractivity contribution in [1.82, 2.24) is 9.97 Å². The van der Waals surface area contributed by atoms with Gasteiger partial charge in [0.2, 0.25) is 0 Å². The van der Waals surface area contributed by atoms with Gasteiger partial charge < -0.3 is 5.73 Å².